The minimum atomic E-state index is 0.129. The highest BCUT2D eigenvalue weighted by atomic mass is 16.3. The number of furan rings is 1. The molecule has 0 amide bonds. The molecule has 1 unspecified atom stereocenters. The summed E-state index contributed by atoms with van der Waals surface area (Å²) in [4.78, 5) is 0. The summed E-state index contributed by atoms with van der Waals surface area (Å²) in [6.07, 6.45) is 0.932. The van der Waals surface area contributed by atoms with Gasteiger partial charge in [-0.15, -0.1) is 0 Å². The van der Waals surface area contributed by atoms with Gasteiger partial charge in [-0.25, -0.2) is 0 Å². The third-order valence-electron chi connectivity index (χ3n) is 3.83. The lowest BCUT2D eigenvalue weighted by Crippen LogP contribution is -2.21. The van der Waals surface area contributed by atoms with Crippen LogP contribution in [0.3, 0.4) is 0 Å². The lowest BCUT2D eigenvalue weighted by Gasteiger charge is -2.21. The lowest BCUT2D eigenvalue weighted by molar-refractivity contribution is 0.425. The second-order valence-electron chi connectivity index (χ2n) is 6.52. The van der Waals surface area contributed by atoms with E-state index in [0.29, 0.717) is 0 Å². The van der Waals surface area contributed by atoms with Gasteiger partial charge in [0.2, 0.25) is 0 Å². The van der Waals surface area contributed by atoms with Crippen LogP contribution >= 0.6 is 0 Å². The lowest BCUT2D eigenvalue weighted by atomic mass is 9.86. The van der Waals surface area contributed by atoms with E-state index in [9.17, 15) is 0 Å². The molecule has 0 radical (unpaired) electrons. The molecule has 1 atom stereocenters. The summed E-state index contributed by atoms with van der Waals surface area (Å²) in [7, 11) is 0. The number of hydrogen-bond acceptors (Lipinski definition) is 2. The first-order valence-electron chi connectivity index (χ1n) is 7.88. The van der Waals surface area contributed by atoms with E-state index in [0.717, 1.165) is 24.5 Å². The molecule has 114 valence electrons. The van der Waals surface area contributed by atoms with E-state index in [2.05, 4.69) is 76.3 Å². The van der Waals surface area contributed by atoms with Gasteiger partial charge in [0.05, 0.1) is 6.04 Å². The van der Waals surface area contributed by atoms with E-state index >= 15 is 0 Å². The normalized spacial score (nSPS) is 13.4. The van der Waals surface area contributed by atoms with Crippen molar-refractivity contribution in [3.8, 4) is 0 Å². The zero-order valence-electron chi connectivity index (χ0n) is 13.9. The third-order valence-corrected chi connectivity index (χ3v) is 3.83. The molecule has 2 aromatic rings. The molecule has 0 fully saturated rings. The van der Waals surface area contributed by atoms with E-state index in [1.165, 1.54) is 11.1 Å². The van der Waals surface area contributed by atoms with Gasteiger partial charge in [0, 0.05) is 6.42 Å². The monoisotopic (exact) mass is 285 g/mol. The van der Waals surface area contributed by atoms with Gasteiger partial charge in [-0.1, -0.05) is 58.9 Å². The largest absolute Gasteiger partial charge is 0.464 e. The minimum Gasteiger partial charge on any atom is -0.464 e. The number of hydrogen-bond donors (Lipinski definition) is 1. The zero-order valence-corrected chi connectivity index (χ0v) is 13.9. The summed E-state index contributed by atoms with van der Waals surface area (Å²) in [5.74, 6) is 2.04. The molecule has 2 heteroatoms. The van der Waals surface area contributed by atoms with E-state index < -0.39 is 0 Å². The highest BCUT2D eigenvalue weighted by molar-refractivity contribution is 5.33. The van der Waals surface area contributed by atoms with Gasteiger partial charge >= 0.3 is 0 Å². The van der Waals surface area contributed by atoms with Crippen LogP contribution in [0, 0.1) is 0 Å². The summed E-state index contributed by atoms with van der Waals surface area (Å²) in [5.41, 5.74) is 2.80. The summed E-state index contributed by atoms with van der Waals surface area (Å²) in [6, 6.07) is 13.2. The van der Waals surface area contributed by atoms with Gasteiger partial charge in [0.15, 0.2) is 0 Å². The van der Waals surface area contributed by atoms with Gasteiger partial charge in [-0.05, 0) is 35.2 Å². The van der Waals surface area contributed by atoms with Crippen molar-refractivity contribution in [2.24, 2.45) is 0 Å². The Morgan fingerprint density at radius 1 is 1.00 bits per heavy atom. The molecule has 0 aliphatic carbocycles. The van der Waals surface area contributed by atoms with Gasteiger partial charge in [0.1, 0.15) is 11.5 Å². The van der Waals surface area contributed by atoms with E-state index in [-0.39, 0.29) is 11.5 Å². The van der Waals surface area contributed by atoms with Gasteiger partial charge in [-0.3, -0.25) is 0 Å². The maximum atomic E-state index is 5.94. The van der Waals surface area contributed by atoms with Gasteiger partial charge in [-0.2, -0.15) is 0 Å². The van der Waals surface area contributed by atoms with Crippen LogP contribution in [0.15, 0.2) is 40.8 Å². The second kappa shape index (κ2) is 6.48. The van der Waals surface area contributed by atoms with Crippen LogP contribution in [-0.4, -0.2) is 6.54 Å². The Hall–Kier alpha value is -1.54. The van der Waals surface area contributed by atoms with Crippen LogP contribution in [-0.2, 0) is 11.8 Å². The highest BCUT2D eigenvalue weighted by Crippen LogP contribution is 2.27. The van der Waals surface area contributed by atoms with Crippen molar-refractivity contribution < 1.29 is 4.42 Å². The SMILES string of the molecule is CCNC(c1ccc(C(C)(C)C)cc1)c1ccc(CC)o1. The highest BCUT2D eigenvalue weighted by Gasteiger charge is 2.18. The standard InChI is InChI=1S/C19H27NO/c1-6-16-12-13-17(21-16)18(20-7-2)14-8-10-15(11-9-14)19(3,4)5/h8-13,18,20H,6-7H2,1-5H3. The molecule has 0 aliphatic heterocycles. The average Bonchev–Trinajstić information content (AvgIpc) is 2.92. The maximum absolute atomic E-state index is 5.94. The van der Waals surface area contributed by atoms with Crippen molar-refractivity contribution >= 4 is 0 Å². The number of aryl methyl sites for hydroxylation is 1. The Bertz CT molecular complexity index is 560. The maximum Gasteiger partial charge on any atom is 0.125 e. The van der Waals surface area contributed by atoms with Crippen LogP contribution in [0.5, 0.6) is 0 Å². The number of benzene rings is 1. The molecule has 1 N–H and O–H groups in total. The minimum absolute atomic E-state index is 0.129. The predicted molar refractivity (Wildman–Crippen MR) is 88.7 cm³/mol. The fourth-order valence-electron chi connectivity index (χ4n) is 2.50. The molecule has 1 aromatic carbocycles. The van der Waals surface area contributed by atoms with Crippen molar-refractivity contribution in [1.29, 1.82) is 0 Å². The van der Waals surface area contributed by atoms with E-state index in [4.69, 9.17) is 4.42 Å². The first kappa shape index (κ1) is 15.8. The predicted octanol–water partition coefficient (Wildman–Crippen LogP) is 4.84. The van der Waals surface area contributed by atoms with Crippen LogP contribution in [0.4, 0.5) is 0 Å². The Kier molecular flexibility index (Phi) is 4.89. The summed E-state index contributed by atoms with van der Waals surface area (Å²) >= 11 is 0. The molecular formula is C19H27NO. The van der Waals surface area contributed by atoms with Crippen molar-refractivity contribution in [3.05, 3.63) is 59.0 Å². The van der Waals surface area contributed by atoms with Crippen molar-refractivity contribution in [2.45, 2.75) is 52.5 Å². The molecule has 1 heterocycles. The first-order valence-corrected chi connectivity index (χ1v) is 7.88. The third kappa shape index (κ3) is 3.76. The Morgan fingerprint density at radius 2 is 1.67 bits per heavy atom. The molecule has 0 saturated heterocycles. The first-order chi connectivity index (χ1) is 9.95. The second-order valence-corrected chi connectivity index (χ2v) is 6.52. The zero-order chi connectivity index (χ0) is 15.5. The molecule has 2 nitrogen and oxygen atoms in total. The Labute approximate surface area is 128 Å². The van der Waals surface area contributed by atoms with Gasteiger partial charge in [0.25, 0.3) is 0 Å². The van der Waals surface area contributed by atoms with Crippen molar-refractivity contribution in [2.75, 3.05) is 6.54 Å². The number of rotatable bonds is 5. The summed E-state index contributed by atoms with van der Waals surface area (Å²) < 4.78 is 5.94. The van der Waals surface area contributed by atoms with E-state index in [1.54, 1.807) is 0 Å². The summed E-state index contributed by atoms with van der Waals surface area (Å²) in [6.45, 7) is 11.9. The summed E-state index contributed by atoms with van der Waals surface area (Å²) in [5, 5.41) is 3.52. The molecular weight excluding hydrogens is 258 g/mol. The smallest absolute Gasteiger partial charge is 0.125 e. The van der Waals surface area contributed by atoms with Crippen LogP contribution in [0.2, 0.25) is 0 Å². The van der Waals surface area contributed by atoms with Crippen LogP contribution < -0.4 is 5.32 Å². The van der Waals surface area contributed by atoms with Crippen LogP contribution in [0.25, 0.3) is 0 Å². The molecule has 0 spiro atoms. The quantitative estimate of drug-likeness (QED) is 0.850. The van der Waals surface area contributed by atoms with Crippen molar-refractivity contribution in [1.82, 2.24) is 5.32 Å². The molecule has 0 aliphatic rings. The fourth-order valence-corrected chi connectivity index (χ4v) is 2.50. The Balaban J connectivity index is 2.29. The molecule has 2 rings (SSSR count). The molecule has 0 saturated carbocycles. The Morgan fingerprint density at radius 3 is 2.14 bits per heavy atom. The van der Waals surface area contributed by atoms with E-state index in [1.807, 2.05) is 0 Å². The topological polar surface area (TPSA) is 25.2 Å². The molecule has 21 heavy (non-hydrogen) atoms. The fraction of sp³-hybridized carbons (Fsp3) is 0.474. The average molecular weight is 285 g/mol. The molecule has 0 bridgehead atoms. The number of nitrogens with one attached hydrogen (secondary N) is 1. The van der Waals surface area contributed by atoms with Gasteiger partial charge < -0.3 is 9.73 Å². The van der Waals surface area contributed by atoms with Crippen molar-refractivity contribution in [3.63, 3.8) is 0 Å². The van der Waals surface area contributed by atoms with Crippen LogP contribution in [0.1, 0.15) is 63.3 Å². The molecule has 1 aromatic heterocycles.